The van der Waals surface area contributed by atoms with E-state index in [4.69, 9.17) is 16.3 Å². The zero-order valence-electron chi connectivity index (χ0n) is 15.7. The van der Waals surface area contributed by atoms with E-state index in [0.29, 0.717) is 40.6 Å². The van der Waals surface area contributed by atoms with Crippen molar-refractivity contribution in [1.29, 1.82) is 0 Å². The van der Waals surface area contributed by atoms with Crippen LogP contribution in [0, 0.1) is 0 Å². The molecule has 0 unspecified atom stereocenters. The summed E-state index contributed by atoms with van der Waals surface area (Å²) in [7, 11) is 1.55. The molecule has 0 bridgehead atoms. The molecule has 0 aliphatic carbocycles. The Bertz CT molecular complexity index is 1060. The molecule has 3 aromatic rings. The van der Waals surface area contributed by atoms with Gasteiger partial charge in [0, 0.05) is 13.0 Å². The minimum atomic E-state index is -0.225. The van der Waals surface area contributed by atoms with Crippen LogP contribution in [0.5, 0.6) is 5.75 Å². The molecule has 0 aliphatic heterocycles. The number of benzene rings is 2. The van der Waals surface area contributed by atoms with Crippen molar-refractivity contribution in [1.82, 2.24) is 15.0 Å². The fourth-order valence-corrected chi connectivity index (χ4v) is 3.15. The van der Waals surface area contributed by atoms with Gasteiger partial charge in [-0.25, -0.2) is 4.98 Å². The van der Waals surface area contributed by atoms with Gasteiger partial charge in [-0.05, 0) is 43.2 Å². The van der Waals surface area contributed by atoms with Gasteiger partial charge in [-0.2, -0.15) is 0 Å². The largest absolute Gasteiger partial charge is 0.495 e. The Morgan fingerprint density at radius 1 is 1.25 bits per heavy atom. The number of hydrogen-bond donors (Lipinski definition) is 2. The Kier molecular flexibility index (Phi) is 6.16. The second-order valence-corrected chi connectivity index (χ2v) is 6.55. The number of anilines is 1. The number of aromatic nitrogens is 2. The maximum absolute atomic E-state index is 12.6. The third-order valence-electron chi connectivity index (χ3n) is 4.35. The molecule has 0 aliphatic rings. The second kappa shape index (κ2) is 8.75. The highest BCUT2D eigenvalue weighted by atomic mass is 35.5. The quantitative estimate of drug-likeness (QED) is 0.595. The second-order valence-electron chi connectivity index (χ2n) is 6.14. The first-order valence-corrected chi connectivity index (χ1v) is 9.28. The number of halogens is 1. The van der Waals surface area contributed by atoms with E-state index in [1.54, 1.807) is 37.4 Å². The molecular weight excluding hydrogens is 380 g/mol. The van der Waals surface area contributed by atoms with Gasteiger partial charge in [0.1, 0.15) is 5.75 Å². The maximum Gasteiger partial charge on any atom is 0.262 e. The first-order valence-electron chi connectivity index (χ1n) is 8.90. The fraction of sp³-hybridized carbons (Fsp3) is 0.250. The van der Waals surface area contributed by atoms with Crippen LogP contribution in [-0.4, -0.2) is 22.6 Å². The summed E-state index contributed by atoms with van der Waals surface area (Å²) in [6, 6.07) is 12.5. The van der Waals surface area contributed by atoms with E-state index in [-0.39, 0.29) is 17.9 Å². The van der Waals surface area contributed by atoms with Gasteiger partial charge in [0.05, 0.1) is 23.0 Å². The van der Waals surface area contributed by atoms with Crippen molar-refractivity contribution >= 4 is 34.4 Å². The Balaban J connectivity index is 1.66. The number of nitrogens with one attached hydrogen (secondary N) is 2. The van der Waals surface area contributed by atoms with Crippen LogP contribution in [0.1, 0.15) is 18.9 Å². The third-order valence-corrected chi connectivity index (χ3v) is 4.64. The molecule has 0 radical (unpaired) electrons. The van der Waals surface area contributed by atoms with Gasteiger partial charge in [0.25, 0.3) is 5.56 Å². The molecule has 3 rings (SSSR count). The molecule has 0 fully saturated rings. The number of nitrogens with zero attached hydrogens (tertiary/aromatic N) is 2. The molecule has 1 aromatic heterocycles. The smallest absolute Gasteiger partial charge is 0.262 e. The van der Waals surface area contributed by atoms with Crippen LogP contribution in [0.15, 0.2) is 47.3 Å². The summed E-state index contributed by atoms with van der Waals surface area (Å²) in [4.78, 5) is 29.2. The molecule has 1 heterocycles. The number of aryl methyl sites for hydroxylation is 1. The summed E-state index contributed by atoms with van der Waals surface area (Å²) >= 11 is 6.10. The summed E-state index contributed by atoms with van der Waals surface area (Å²) in [5.41, 5.74) is 6.72. The Morgan fingerprint density at radius 2 is 2.04 bits per heavy atom. The number of fused-ring (bicyclic) bond motifs is 1. The van der Waals surface area contributed by atoms with E-state index in [2.05, 4.69) is 15.8 Å². The fourth-order valence-electron chi connectivity index (χ4n) is 2.87. The first-order chi connectivity index (χ1) is 13.5. The molecule has 7 nitrogen and oxygen atoms in total. The highest BCUT2D eigenvalue weighted by Gasteiger charge is 2.11. The average molecular weight is 401 g/mol. The highest BCUT2D eigenvalue weighted by Crippen LogP contribution is 2.25. The van der Waals surface area contributed by atoms with Crippen LogP contribution in [-0.2, 0) is 17.8 Å². The minimum absolute atomic E-state index is 0.155. The van der Waals surface area contributed by atoms with E-state index < -0.39 is 0 Å². The monoisotopic (exact) mass is 400 g/mol. The Morgan fingerprint density at radius 3 is 2.75 bits per heavy atom. The Hall–Kier alpha value is -3.06. The lowest BCUT2D eigenvalue weighted by atomic mass is 10.1. The van der Waals surface area contributed by atoms with Crippen molar-refractivity contribution in [3.8, 4) is 5.75 Å². The number of ether oxygens (including phenoxy) is 1. The number of hydrazine groups is 1. The summed E-state index contributed by atoms with van der Waals surface area (Å²) < 4.78 is 6.60. The molecule has 0 saturated heterocycles. The van der Waals surface area contributed by atoms with E-state index in [0.717, 1.165) is 5.56 Å². The van der Waals surface area contributed by atoms with Gasteiger partial charge in [-0.15, -0.1) is 0 Å². The minimum Gasteiger partial charge on any atom is -0.495 e. The van der Waals surface area contributed by atoms with Gasteiger partial charge in [0.2, 0.25) is 11.9 Å². The van der Waals surface area contributed by atoms with Crippen LogP contribution in [0.25, 0.3) is 10.9 Å². The van der Waals surface area contributed by atoms with Crippen LogP contribution in [0.2, 0.25) is 5.02 Å². The number of carbonyl (C=O) groups excluding carboxylic acids is 1. The van der Waals surface area contributed by atoms with Gasteiger partial charge in [-0.3, -0.25) is 25.0 Å². The number of rotatable bonds is 7. The molecule has 0 spiro atoms. The zero-order valence-corrected chi connectivity index (χ0v) is 16.4. The normalized spacial score (nSPS) is 10.7. The molecule has 0 saturated carbocycles. The van der Waals surface area contributed by atoms with Gasteiger partial charge in [0.15, 0.2) is 0 Å². The number of methoxy groups -OCH3 is 1. The van der Waals surface area contributed by atoms with Crippen molar-refractivity contribution < 1.29 is 9.53 Å². The highest BCUT2D eigenvalue weighted by molar-refractivity contribution is 6.32. The average Bonchev–Trinajstić information content (AvgIpc) is 2.71. The maximum atomic E-state index is 12.6. The number of amides is 1. The molecule has 28 heavy (non-hydrogen) atoms. The lowest BCUT2D eigenvalue weighted by Gasteiger charge is -2.14. The van der Waals surface area contributed by atoms with E-state index >= 15 is 0 Å². The SMILES string of the molecule is CCn1c(NNC(=O)CCc2ccc(OC)c(Cl)c2)nc2ccccc2c1=O. The van der Waals surface area contributed by atoms with E-state index in [1.165, 1.54) is 4.57 Å². The predicted molar refractivity (Wildman–Crippen MR) is 110 cm³/mol. The van der Waals surface area contributed by atoms with Crippen molar-refractivity contribution in [2.75, 3.05) is 12.5 Å². The molecular formula is C20H21ClN4O3. The number of carbonyl (C=O) groups is 1. The lowest BCUT2D eigenvalue weighted by Crippen LogP contribution is -2.34. The molecule has 2 aromatic carbocycles. The van der Waals surface area contributed by atoms with Crippen molar-refractivity contribution in [3.05, 3.63) is 63.4 Å². The van der Waals surface area contributed by atoms with E-state index in [9.17, 15) is 9.59 Å². The molecule has 1 amide bonds. The first kappa shape index (κ1) is 19.7. The van der Waals surface area contributed by atoms with Crippen molar-refractivity contribution in [3.63, 3.8) is 0 Å². The summed E-state index contributed by atoms with van der Waals surface area (Å²) in [5.74, 6) is 0.667. The predicted octanol–water partition coefficient (Wildman–Crippen LogP) is 3.15. The zero-order chi connectivity index (χ0) is 20.1. The van der Waals surface area contributed by atoms with Crippen molar-refractivity contribution in [2.45, 2.75) is 26.3 Å². The molecule has 0 atom stereocenters. The van der Waals surface area contributed by atoms with Gasteiger partial charge < -0.3 is 4.74 Å². The lowest BCUT2D eigenvalue weighted by molar-refractivity contribution is -0.120. The number of para-hydroxylation sites is 1. The summed E-state index contributed by atoms with van der Waals surface area (Å²) in [6.45, 7) is 2.28. The topological polar surface area (TPSA) is 85.2 Å². The Labute approximate surface area is 167 Å². The standard InChI is InChI=1S/C20H21ClN4O3/c1-3-25-19(27)14-6-4-5-7-16(14)22-20(25)24-23-18(26)11-9-13-8-10-17(28-2)15(21)12-13/h4-8,10,12H,3,9,11H2,1-2H3,(H,22,24)(H,23,26). The van der Waals surface area contributed by atoms with Crippen molar-refractivity contribution in [2.24, 2.45) is 0 Å². The van der Waals surface area contributed by atoms with Gasteiger partial charge in [-0.1, -0.05) is 29.8 Å². The summed E-state index contributed by atoms with van der Waals surface area (Å²) in [5, 5.41) is 1.04. The van der Waals surface area contributed by atoms with Crippen LogP contribution in [0.3, 0.4) is 0 Å². The molecule has 8 heteroatoms. The molecule has 146 valence electrons. The summed E-state index contributed by atoms with van der Waals surface area (Å²) in [6.07, 6.45) is 0.766. The van der Waals surface area contributed by atoms with Crippen LogP contribution in [0.4, 0.5) is 5.95 Å². The van der Waals surface area contributed by atoms with Crippen LogP contribution < -0.4 is 21.1 Å². The number of hydrogen-bond acceptors (Lipinski definition) is 5. The third kappa shape index (κ3) is 4.26. The van der Waals surface area contributed by atoms with E-state index in [1.807, 2.05) is 19.1 Å². The molecule has 2 N–H and O–H groups in total. The van der Waals surface area contributed by atoms with Gasteiger partial charge >= 0.3 is 0 Å². The van der Waals surface area contributed by atoms with Crippen LogP contribution >= 0.6 is 11.6 Å².